The van der Waals surface area contributed by atoms with Gasteiger partial charge in [-0.15, -0.1) is 0 Å². The summed E-state index contributed by atoms with van der Waals surface area (Å²) in [6.45, 7) is 3.30. The lowest BCUT2D eigenvalue weighted by Crippen LogP contribution is -2.47. The number of ether oxygens (including phenoxy) is 1. The first kappa shape index (κ1) is 30.3. The molecule has 214 valence electrons. The normalized spacial score (nSPS) is 13.6. The molecular weight excluding hydrogens is 623 g/mol. The minimum Gasteiger partial charge on any atom is -0.481 e. The lowest BCUT2D eigenvalue weighted by atomic mass is 10.1. The maximum atomic E-state index is 14.2. The van der Waals surface area contributed by atoms with Crippen LogP contribution in [0.1, 0.15) is 11.1 Å². The molecule has 1 heterocycles. The van der Waals surface area contributed by atoms with Crippen molar-refractivity contribution in [2.24, 2.45) is 0 Å². The summed E-state index contributed by atoms with van der Waals surface area (Å²) in [6, 6.07) is 4.72. The molecule has 40 heavy (non-hydrogen) atoms. The van der Waals surface area contributed by atoms with Gasteiger partial charge in [0.1, 0.15) is 5.69 Å². The van der Waals surface area contributed by atoms with E-state index in [2.05, 4.69) is 5.32 Å². The monoisotopic (exact) mass is 641 g/mol. The van der Waals surface area contributed by atoms with Crippen LogP contribution in [0.5, 0.6) is 5.75 Å². The highest BCUT2D eigenvalue weighted by Gasteiger charge is 2.31. The summed E-state index contributed by atoms with van der Waals surface area (Å²) in [7, 11) is 0. The summed E-state index contributed by atoms with van der Waals surface area (Å²) < 4.78 is 74.6. The standard InChI is InChI=1S/C26H20Cl4F5N3O2/c1-11-17(28)12(2)19(30)26(18(11)29)40-10-16(39)36-13-3-4-15(14(27)9-13)37-5-7-38(8-6-37)25-23(34)21(32)20(31)22(33)24(25)35/h3-4,9H,5-8,10H2,1-2H3,(H,36,39). The van der Waals surface area contributed by atoms with E-state index in [1.165, 1.54) is 6.07 Å². The van der Waals surface area contributed by atoms with E-state index in [1.54, 1.807) is 30.9 Å². The molecule has 3 aromatic rings. The van der Waals surface area contributed by atoms with Crippen molar-refractivity contribution in [3.05, 3.63) is 78.5 Å². The van der Waals surface area contributed by atoms with Gasteiger partial charge in [0, 0.05) is 36.9 Å². The summed E-state index contributed by atoms with van der Waals surface area (Å²) in [5, 5.41) is 3.70. The lowest BCUT2D eigenvalue weighted by molar-refractivity contribution is -0.118. The van der Waals surface area contributed by atoms with Gasteiger partial charge >= 0.3 is 0 Å². The van der Waals surface area contributed by atoms with Crippen LogP contribution in [-0.2, 0) is 4.79 Å². The summed E-state index contributed by atoms with van der Waals surface area (Å²) in [5.41, 5.74) is 1.09. The predicted molar refractivity (Wildman–Crippen MR) is 147 cm³/mol. The first-order valence-corrected chi connectivity index (χ1v) is 13.2. The van der Waals surface area contributed by atoms with E-state index in [-0.39, 0.29) is 47.0 Å². The van der Waals surface area contributed by atoms with E-state index in [0.717, 1.165) is 4.90 Å². The van der Waals surface area contributed by atoms with Gasteiger partial charge in [0.2, 0.25) is 5.82 Å². The molecule has 14 heteroatoms. The second kappa shape index (κ2) is 12.1. The molecule has 0 radical (unpaired) electrons. The van der Waals surface area contributed by atoms with E-state index in [1.807, 2.05) is 0 Å². The summed E-state index contributed by atoms with van der Waals surface area (Å²) >= 11 is 25.2. The highest BCUT2D eigenvalue weighted by molar-refractivity contribution is 6.42. The smallest absolute Gasteiger partial charge is 0.262 e. The number of amides is 1. The number of nitrogens with zero attached hydrogens (tertiary/aromatic N) is 2. The molecule has 0 unspecified atom stereocenters. The van der Waals surface area contributed by atoms with Crippen LogP contribution in [-0.4, -0.2) is 38.7 Å². The molecular formula is C26H20Cl4F5N3O2. The number of hydrogen-bond donors (Lipinski definition) is 1. The van der Waals surface area contributed by atoms with Crippen LogP contribution >= 0.6 is 46.4 Å². The third kappa shape index (κ3) is 5.72. The molecule has 0 bridgehead atoms. The first-order valence-electron chi connectivity index (χ1n) is 11.7. The number of halogens is 9. The highest BCUT2D eigenvalue weighted by atomic mass is 35.5. The quantitative estimate of drug-likeness (QED) is 0.168. The van der Waals surface area contributed by atoms with E-state index >= 15 is 0 Å². The number of carbonyl (C=O) groups is 1. The number of nitrogens with one attached hydrogen (secondary N) is 1. The topological polar surface area (TPSA) is 44.8 Å². The lowest BCUT2D eigenvalue weighted by Gasteiger charge is -2.38. The van der Waals surface area contributed by atoms with Crippen molar-refractivity contribution in [1.29, 1.82) is 0 Å². The largest absolute Gasteiger partial charge is 0.481 e. The molecule has 1 aliphatic heterocycles. The summed E-state index contributed by atoms with van der Waals surface area (Å²) in [4.78, 5) is 15.4. The van der Waals surface area contributed by atoms with Crippen molar-refractivity contribution >= 4 is 69.4 Å². The number of carbonyl (C=O) groups excluding carboxylic acids is 1. The van der Waals surface area contributed by atoms with Crippen molar-refractivity contribution < 1.29 is 31.5 Å². The minimum atomic E-state index is -2.20. The SMILES string of the molecule is Cc1c(Cl)c(C)c(Cl)c(OCC(=O)Nc2ccc(N3CCN(c4c(F)c(F)c(F)c(F)c4F)CC3)c(Cl)c2)c1Cl. The maximum absolute atomic E-state index is 14.2. The second-order valence-electron chi connectivity index (χ2n) is 8.92. The molecule has 3 aromatic carbocycles. The third-order valence-electron chi connectivity index (χ3n) is 6.42. The van der Waals surface area contributed by atoms with Crippen LogP contribution in [0.25, 0.3) is 0 Å². The van der Waals surface area contributed by atoms with Crippen molar-refractivity contribution in [3.8, 4) is 5.75 Å². The van der Waals surface area contributed by atoms with Gasteiger partial charge in [-0.3, -0.25) is 4.79 Å². The zero-order chi connectivity index (χ0) is 29.5. The third-order valence-corrected chi connectivity index (χ3v) is 8.20. The van der Waals surface area contributed by atoms with Gasteiger partial charge in [-0.1, -0.05) is 46.4 Å². The Labute approximate surface area is 246 Å². The van der Waals surface area contributed by atoms with Crippen LogP contribution in [0.15, 0.2) is 18.2 Å². The minimum absolute atomic E-state index is 0.0285. The van der Waals surface area contributed by atoms with Crippen molar-refractivity contribution in [1.82, 2.24) is 0 Å². The Morgan fingerprint density at radius 1 is 0.800 bits per heavy atom. The average Bonchev–Trinajstić information content (AvgIpc) is 2.93. The number of piperazine rings is 1. The Kier molecular flexibility index (Phi) is 9.14. The number of benzene rings is 3. The molecule has 0 aromatic heterocycles. The molecule has 0 atom stereocenters. The molecule has 4 rings (SSSR count). The van der Waals surface area contributed by atoms with Crippen molar-refractivity contribution in [2.45, 2.75) is 13.8 Å². The molecule has 0 aliphatic carbocycles. The zero-order valence-corrected chi connectivity index (χ0v) is 23.9. The highest BCUT2D eigenvalue weighted by Crippen LogP contribution is 2.42. The van der Waals surface area contributed by atoms with Gasteiger partial charge in [-0.05, 0) is 43.2 Å². The number of anilines is 3. The van der Waals surface area contributed by atoms with Gasteiger partial charge in [0.05, 0.1) is 20.8 Å². The molecule has 0 spiro atoms. The Morgan fingerprint density at radius 3 is 1.82 bits per heavy atom. The van der Waals surface area contributed by atoms with E-state index in [0.29, 0.717) is 27.5 Å². The Morgan fingerprint density at radius 2 is 1.30 bits per heavy atom. The van der Waals surface area contributed by atoms with Gasteiger partial charge in [-0.25, -0.2) is 22.0 Å². The Balaban J connectivity index is 1.39. The van der Waals surface area contributed by atoms with Crippen molar-refractivity contribution in [2.75, 3.05) is 47.9 Å². The van der Waals surface area contributed by atoms with Crippen LogP contribution < -0.4 is 19.9 Å². The van der Waals surface area contributed by atoms with Gasteiger partial charge in [0.15, 0.2) is 35.6 Å². The molecule has 1 fully saturated rings. The fourth-order valence-corrected chi connectivity index (χ4v) is 5.38. The first-order chi connectivity index (χ1) is 18.8. The molecule has 5 nitrogen and oxygen atoms in total. The molecule has 1 amide bonds. The van der Waals surface area contributed by atoms with Gasteiger partial charge in [0.25, 0.3) is 5.91 Å². The Bertz CT molecular complexity index is 1440. The second-order valence-corrected chi connectivity index (χ2v) is 10.5. The van der Waals surface area contributed by atoms with Gasteiger partial charge < -0.3 is 19.9 Å². The van der Waals surface area contributed by atoms with E-state index in [4.69, 9.17) is 51.1 Å². The summed E-state index contributed by atoms with van der Waals surface area (Å²) in [6.07, 6.45) is 0. The zero-order valence-electron chi connectivity index (χ0n) is 20.9. The average molecular weight is 643 g/mol. The summed E-state index contributed by atoms with van der Waals surface area (Å²) in [5.74, 6) is -10.3. The van der Waals surface area contributed by atoms with Crippen molar-refractivity contribution in [3.63, 3.8) is 0 Å². The van der Waals surface area contributed by atoms with Crippen LogP contribution in [0, 0.1) is 42.9 Å². The number of rotatable bonds is 6. The van der Waals surface area contributed by atoms with E-state index in [9.17, 15) is 26.7 Å². The maximum Gasteiger partial charge on any atom is 0.262 e. The fourth-order valence-electron chi connectivity index (χ4n) is 4.26. The van der Waals surface area contributed by atoms with Gasteiger partial charge in [-0.2, -0.15) is 0 Å². The van der Waals surface area contributed by atoms with E-state index < -0.39 is 47.3 Å². The molecule has 1 N–H and O–H groups in total. The predicted octanol–water partition coefficient (Wildman–Crippen LogP) is 7.96. The fraction of sp³-hybridized carbons (Fsp3) is 0.269. The van der Waals surface area contributed by atoms with Crippen LogP contribution in [0.2, 0.25) is 20.1 Å². The Hall–Kier alpha value is -2.66. The van der Waals surface area contributed by atoms with Crippen LogP contribution in [0.4, 0.5) is 39.0 Å². The van der Waals surface area contributed by atoms with Crippen LogP contribution in [0.3, 0.4) is 0 Å². The molecule has 0 saturated carbocycles. The molecule has 1 aliphatic rings. The molecule has 1 saturated heterocycles. The number of hydrogen-bond acceptors (Lipinski definition) is 4.